The molecule has 1 aliphatic heterocycles. The maximum absolute atomic E-state index is 14.0. The summed E-state index contributed by atoms with van der Waals surface area (Å²) in [5, 5.41) is 5.53. The van der Waals surface area contributed by atoms with Gasteiger partial charge in [-0.1, -0.05) is 37.1 Å². The average molecular weight is 419 g/mol. The lowest BCUT2D eigenvalue weighted by Gasteiger charge is -2.34. The number of piperidine rings is 1. The van der Waals surface area contributed by atoms with Crippen LogP contribution in [-0.2, 0) is 0 Å². The summed E-state index contributed by atoms with van der Waals surface area (Å²) in [5.74, 6) is -1.88. The molecule has 0 saturated carbocycles. The van der Waals surface area contributed by atoms with Gasteiger partial charge in [-0.25, -0.2) is 13.8 Å². The van der Waals surface area contributed by atoms with Crippen LogP contribution in [0.1, 0.15) is 55.5 Å². The first-order valence-corrected chi connectivity index (χ1v) is 10.5. The molecule has 0 aliphatic carbocycles. The number of anilines is 1. The number of fused-ring (bicyclic) bond motifs is 1. The molecule has 1 saturated heterocycles. The SMILES string of the molecule is CCCC(c1ccc(Cl)cc1)c1cc2nc(C)cc(N3CCCC(F)(F)C3)n2n1. The van der Waals surface area contributed by atoms with E-state index in [0.29, 0.717) is 29.5 Å². The lowest BCUT2D eigenvalue weighted by Crippen LogP contribution is -2.43. The number of benzene rings is 1. The van der Waals surface area contributed by atoms with E-state index in [0.717, 1.165) is 29.8 Å². The summed E-state index contributed by atoms with van der Waals surface area (Å²) in [7, 11) is 0. The number of rotatable bonds is 5. The number of halogens is 3. The second-order valence-corrected chi connectivity index (χ2v) is 8.31. The van der Waals surface area contributed by atoms with Crippen LogP contribution in [0.4, 0.5) is 14.6 Å². The molecule has 1 atom stereocenters. The van der Waals surface area contributed by atoms with Crippen molar-refractivity contribution in [3.8, 4) is 0 Å². The van der Waals surface area contributed by atoms with E-state index in [2.05, 4.69) is 11.9 Å². The number of hydrogen-bond acceptors (Lipinski definition) is 3. The fourth-order valence-corrected chi connectivity index (χ4v) is 4.25. The van der Waals surface area contributed by atoms with Gasteiger partial charge in [0.1, 0.15) is 5.82 Å². The van der Waals surface area contributed by atoms with Crippen molar-refractivity contribution in [1.82, 2.24) is 14.6 Å². The zero-order valence-electron chi connectivity index (χ0n) is 16.7. The van der Waals surface area contributed by atoms with Crippen molar-refractivity contribution in [3.63, 3.8) is 0 Å². The largest absolute Gasteiger partial charge is 0.350 e. The molecule has 4 rings (SSSR count). The molecule has 0 N–H and O–H groups in total. The highest BCUT2D eigenvalue weighted by Crippen LogP contribution is 2.33. The molecular formula is C22H25ClF2N4. The fourth-order valence-electron chi connectivity index (χ4n) is 4.12. The van der Waals surface area contributed by atoms with Crippen LogP contribution >= 0.6 is 11.6 Å². The Morgan fingerprint density at radius 1 is 1.21 bits per heavy atom. The smallest absolute Gasteiger partial charge is 0.265 e. The third kappa shape index (κ3) is 4.22. The van der Waals surface area contributed by atoms with E-state index in [9.17, 15) is 8.78 Å². The van der Waals surface area contributed by atoms with Gasteiger partial charge in [0.25, 0.3) is 5.92 Å². The number of aryl methyl sites for hydroxylation is 1. The summed E-state index contributed by atoms with van der Waals surface area (Å²) >= 11 is 6.05. The zero-order valence-corrected chi connectivity index (χ0v) is 17.5. The molecule has 1 unspecified atom stereocenters. The van der Waals surface area contributed by atoms with Gasteiger partial charge in [-0.2, -0.15) is 9.61 Å². The molecule has 3 aromatic rings. The fraction of sp³-hybridized carbons (Fsp3) is 0.455. The molecule has 0 bridgehead atoms. The predicted molar refractivity (Wildman–Crippen MR) is 112 cm³/mol. The number of alkyl halides is 2. The summed E-state index contributed by atoms with van der Waals surface area (Å²) < 4.78 is 29.8. The van der Waals surface area contributed by atoms with Crippen LogP contribution < -0.4 is 4.90 Å². The summed E-state index contributed by atoms with van der Waals surface area (Å²) in [5.41, 5.74) is 3.53. The van der Waals surface area contributed by atoms with Crippen molar-refractivity contribution in [2.45, 2.75) is 51.4 Å². The first kappa shape index (κ1) is 20.1. The van der Waals surface area contributed by atoms with E-state index >= 15 is 0 Å². The standard InChI is InChI=1S/C22H25ClF2N4/c1-3-5-18(16-6-8-17(23)9-7-16)19-13-20-26-15(2)12-21(29(20)27-19)28-11-4-10-22(24,25)14-28/h6-9,12-13,18H,3-5,10-11,14H2,1-2H3. The Labute approximate surface area is 174 Å². The Kier molecular flexibility index (Phi) is 5.47. The molecule has 154 valence electrons. The molecule has 2 aromatic heterocycles. The molecule has 0 spiro atoms. The lowest BCUT2D eigenvalue weighted by molar-refractivity contribution is -0.0119. The molecule has 4 nitrogen and oxygen atoms in total. The molecule has 1 fully saturated rings. The van der Waals surface area contributed by atoms with Crippen LogP contribution in [0.3, 0.4) is 0 Å². The van der Waals surface area contributed by atoms with Gasteiger partial charge in [-0.05, 0) is 37.5 Å². The Balaban J connectivity index is 1.77. The van der Waals surface area contributed by atoms with Crippen LogP contribution in [0.15, 0.2) is 36.4 Å². The Hall–Kier alpha value is -2.21. The Bertz CT molecular complexity index is 1000. The predicted octanol–water partition coefficient (Wildman–Crippen LogP) is 5.86. The van der Waals surface area contributed by atoms with Crippen molar-refractivity contribution in [2.75, 3.05) is 18.0 Å². The monoisotopic (exact) mass is 418 g/mol. The minimum atomic E-state index is -2.67. The molecular weight excluding hydrogens is 394 g/mol. The number of nitrogens with zero attached hydrogens (tertiary/aromatic N) is 4. The molecule has 0 amide bonds. The minimum Gasteiger partial charge on any atom is -0.350 e. The van der Waals surface area contributed by atoms with Gasteiger partial charge in [0.2, 0.25) is 0 Å². The lowest BCUT2D eigenvalue weighted by atomic mass is 9.91. The third-order valence-electron chi connectivity index (χ3n) is 5.48. The van der Waals surface area contributed by atoms with E-state index in [1.54, 1.807) is 9.42 Å². The highest BCUT2D eigenvalue weighted by molar-refractivity contribution is 6.30. The van der Waals surface area contributed by atoms with Crippen LogP contribution in [-0.4, -0.2) is 33.6 Å². The van der Waals surface area contributed by atoms with E-state index < -0.39 is 5.92 Å². The second kappa shape index (κ2) is 7.90. The maximum Gasteiger partial charge on any atom is 0.265 e. The first-order valence-electron chi connectivity index (χ1n) is 10.1. The number of hydrogen-bond donors (Lipinski definition) is 0. The van der Waals surface area contributed by atoms with Gasteiger partial charge >= 0.3 is 0 Å². The highest BCUT2D eigenvalue weighted by atomic mass is 35.5. The molecule has 1 aliphatic rings. The maximum atomic E-state index is 14.0. The highest BCUT2D eigenvalue weighted by Gasteiger charge is 2.36. The van der Waals surface area contributed by atoms with Crippen LogP contribution in [0.2, 0.25) is 5.02 Å². The van der Waals surface area contributed by atoms with E-state index in [-0.39, 0.29) is 18.9 Å². The van der Waals surface area contributed by atoms with Crippen LogP contribution in [0.25, 0.3) is 5.65 Å². The van der Waals surface area contributed by atoms with Gasteiger partial charge in [-0.15, -0.1) is 0 Å². The zero-order chi connectivity index (χ0) is 20.6. The van der Waals surface area contributed by atoms with Gasteiger partial charge < -0.3 is 4.90 Å². The number of aromatic nitrogens is 3. The van der Waals surface area contributed by atoms with E-state index in [1.807, 2.05) is 43.3 Å². The Morgan fingerprint density at radius 2 is 1.97 bits per heavy atom. The summed E-state index contributed by atoms with van der Waals surface area (Å²) in [4.78, 5) is 6.34. The first-order chi connectivity index (χ1) is 13.9. The molecule has 7 heteroatoms. The van der Waals surface area contributed by atoms with Gasteiger partial charge in [0.15, 0.2) is 5.65 Å². The van der Waals surface area contributed by atoms with Crippen LogP contribution in [0, 0.1) is 6.92 Å². The van der Waals surface area contributed by atoms with Crippen molar-refractivity contribution < 1.29 is 8.78 Å². The van der Waals surface area contributed by atoms with Crippen molar-refractivity contribution >= 4 is 23.1 Å². The third-order valence-corrected chi connectivity index (χ3v) is 5.73. The Morgan fingerprint density at radius 3 is 2.66 bits per heavy atom. The molecule has 29 heavy (non-hydrogen) atoms. The average Bonchev–Trinajstić information content (AvgIpc) is 3.09. The van der Waals surface area contributed by atoms with Gasteiger partial charge in [0.05, 0.1) is 12.2 Å². The quantitative estimate of drug-likeness (QED) is 0.520. The molecule has 0 radical (unpaired) electrons. The van der Waals surface area contributed by atoms with Crippen molar-refractivity contribution in [1.29, 1.82) is 0 Å². The topological polar surface area (TPSA) is 33.4 Å². The summed E-state index contributed by atoms with van der Waals surface area (Å²) in [6.07, 6.45) is 2.34. The van der Waals surface area contributed by atoms with Gasteiger partial charge in [0, 0.05) is 41.7 Å². The summed E-state index contributed by atoms with van der Waals surface area (Å²) in [6, 6.07) is 11.7. The van der Waals surface area contributed by atoms with Crippen molar-refractivity contribution in [2.24, 2.45) is 0 Å². The molecule has 3 heterocycles. The minimum absolute atomic E-state index is 0.0593. The molecule has 1 aromatic carbocycles. The van der Waals surface area contributed by atoms with E-state index in [4.69, 9.17) is 16.7 Å². The van der Waals surface area contributed by atoms with Crippen LogP contribution in [0.5, 0.6) is 0 Å². The summed E-state index contributed by atoms with van der Waals surface area (Å²) in [6.45, 7) is 4.35. The normalized spacial score (nSPS) is 17.6. The van der Waals surface area contributed by atoms with Gasteiger partial charge in [-0.3, -0.25) is 0 Å². The van der Waals surface area contributed by atoms with Crippen molar-refractivity contribution in [3.05, 3.63) is 58.4 Å². The second-order valence-electron chi connectivity index (χ2n) is 7.87. The van der Waals surface area contributed by atoms with E-state index in [1.165, 1.54) is 0 Å².